The number of nitro groups is 1. The second kappa shape index (κ2) is 6.50. The number of nitro benzene ring substituents is 1. The third kappa shape index (κ3) is 3.27. The van der Waals surface area contributed by atoms with Gasteiger partial charge in [0.15, 0.2) is 0 Å². The van der Waals surface area contributed by atoms with Gasteiger partial charge in [-0.2, -0.15) is 0 Å². The molecule has 2 aromatic rings. The molecule has 1 aliphatic rings. The van der Waals surface area contributed by atoms with Crippen LogP contribution in [0.15, 0.2) is 46.9 Å². The minimum absolute atomic E-state index is 0.00566. The Bertz CT molecular complexity index is 776. The number of nitrogens with zero attached hydrogens (tertiary/aromatic N) is 2. The van der Waals surface area contributed by atoms with Crippen molar-refractivity contribution in [3.63, 3.8) is 0 Å². The smallest absolute Gasteiger partial charge is 0.273 e. The summed E-state index contributed by atoms with van der Waals surface area (Å²) in [5.41, 5.74) is 2.48. The molecule has 0 N–H and O–H groups in total. The predicted molar refractivity (Wildman–Crippen MR) is 91.6 cm³/mol. The maximum absolute atomic E-state index is 12.7. The highest BCUT2D eigenvalue weighted by molar-refractivity contribution is 9.10. The van der Waals surface area contributed by atoms with E-state index in [1.54, 1.807) is 23.1 Å². The largest absolute Gasteiger partial charge is 0.312 e. The predicted octanol–water partition coefficient (Wildman–Crippen LogP) is 3.88. The average molecular weight is 375 g/mol. The van der Waals surface area contributed by atoms with Crippen molar-refractivity contribution in [2.24, 2.45) is 0 Å². The molecule has 0 unspecified atom stereocenters. The molecule has 0 saturated heterocycles. The summed E-state index contributed by atoms with van der Waals surface area (Å²) >= 11 is 3.45. The van der Waals surface area contributed by atoms with Crippen LogP contribution in [0.2, 0.25) is 0 Å². The van der Waals surface area contributed by atoms with Crippen molar-refractivity contribution in [2.75, 3.05) is 11.4 Å². The van der Waals surface area contributed by atoms with Crippen LogP contribution in [-0.4, -0.2) is 17.4 Å². The fraction of sp³-hybridized carbons (Fsp3) is 0.235. The number of aryl methyl sites for hydroxylation is 1. The van der Waals surface area contributed by atoms with Crippen LogP contribution in [0.25, 0.3) is 0 Å². The van der Waals surface area contributed by atoms with E-state index in [4.69, 9.17) is 0 Å². The van der Waals surface area contributed by atoms with Gasteiger partial charge in [-0.05, 0) is 36.6 Å². The van der Waals surface area contributed by atoms with Gasteiger partial charge >= 0.3 is 0 Å². The summed E-state index contributed by atoms with van der Waals surface area (Å²) in [6.45, 7) is 0.647. The van der Waals surface area contributed by atoms with Crippen molar-refractivity contribution in [3.8, 4) is 0 Å². The summed E-state index contributed by atoms with van der Waals surface area (Å²) in [7, 11) is 0. The Kier molecular flexibility index (Phi) is 4.43. The number of carbonyl (C=O) groups is 1. The number of benzene rings is 2. The number of hydrogen-bond donors (Lipinski definition) is 0. The van der Waals surface area contributed by atoms with Crippen LogP contribution in [0.3, 0.4) is 0 Å². The quantitative estimate of drug-likeness (QED) is 0.604. The maximum atomic E-state index is 12.7. The summed E-state index contributed by atoms with van der Waals surface area (Å²) in [5, 5.41) is 11.1. The van der Waals surface area contributed by atoms with Gasteiger partial charge in [0, 0.05) is 28.3 Å². The van der Waals surface area contributed by atoms with Crippen molar-refractivity contribution in [1.82, 2.24) is 0 Å². The maximum Gasteiger partial charge on any atom is 0.273 e. The topological polar surface area (TPSA) is 63.4 Å². The number of amides is 1. The molecule has 0 atom stereocenters. The zero-order chi connectivity index (χ0) is 16.4. The molecule has 1 amide bonds. The molecule has 0 aliphatic carbocycles. The van der Waals surface area contributed by atoms with Crippen molar-refractivity contribution in [3.05, 3.63) is 68.2 Å². The Morgan fingerprint density at radius 2 is 2.04 bits per heavy atom. The lowest BCUT2D eigenvalue weighted by Crippen LogP contribution is -2.36. The van der Waals surface area contributed by atoms with E-state index in [1.165, 1.54) is 6.07 Å². The van der Waals surface area contributed by atoms with Gasteiger partial charge in [0.25, 0.3) is 5.69 Å². The molecule has 3 rings (SSSR count). The lowest BCUT2D eigenvalue weighted by Gasteiger charge is -2.29. The highest BCUT2D eigenvalue weighted by atomic mass is 79.9. The van der Waals surface area contributed by atoms with Crippen LogP contribution in [0.4, 0.5) is 11.4 Å². The molecule has 1 aliphatic heterocycles. The number of anilines is 1. The summed E-state index contributed by atoms with van der Waals surface area (Å²) < 4.78 is 0.990. The van der Waals surface area contributed by atoms with Crippen molar-refractivity contribution >= 4 is 33.2 Å². The molecule has 1 heterocycles. The molecule has 0 aromatic heterocycles. The Morgan fingerprint density at radius 3 is 2.83 bits per heavy atom. The second-order valence-electron chi connectivity index (χ2n) is 5.48. The first-order valence-electron chi connectivity index (χ1n) is 7.37. The molecule has 23 heavy (non-hydrogen) atoms. The number of carbonyl (C=O) groups excluding carboxylic acids is 1. The number of hydrogen-bond acceptors (Lipinski definition) is 3. The van der Waals surface area contributed by atoms with E-state index in [0.717, 1.165) is 28.6 Å². The molecule has 0 spiro atoms. The van der Waals surface area contributed by atoms with E-state index in [-0.39, 0.29) is 18.0 Å². The summed E-state index contributed by atoms with van der Waals surface area (Å²) in [6.07, 6.45) is 1.86. The van der Waals surface area contributed by atoms with Gasteiger partial charge in [-0.3, -0.25) is 14.9 Å². The molecule has 6 heteroatoms. The van der Waals surface area contributed by atoms with Gasteiger partial charge in [0.2, 0.25) is 5.91 Å². The highest BCUT2D eigenvalue weighted by Gasteiger charge is 2.24. The molecule has 2 aromatic carbocycles. The third-order valence-corrected chi connectivity index (χ3v) is 4.48. The van der Waals surface area contributed by atoms with Crippen LogP contribution in [0, 0.1) is 10.1 Å². The lowest BCUT2D eigenvalue weighted by molar-refractivity contribution is -0.385. The van der Waals surface area contributed by atoms with E-state index in [1.807, 2.05) is 18.2 Å². The summed E-state index contributed by atoms with van der Waals surface area (Å²) in [6, 6.07) is 12.3. The SMILES string of the molecule is O=C(Cc1ccccc1[N+](=O)[O-])N1CCCc2cc(Br)ccc21. The molecule has 0 bridgehead atoms. The van der Waals surface area contributed by atoms with E-state index >= 15 is 0 Å². The van der Waals surface area contributed by atoms with E-state index in [9.17, 15) is 14.9 Å². The third-order valence-electron chi connectivity index (χ3n) is 3.99. The van der Waals surface area contributed by atoms with Gasteiger partial charge < -0.3 is 4.90 Å². The van der Waals surface area contributed by atoms with Crippen LogP contribution >= 0.6 is 15.9 Å². The Labute approximate surface area is 142 Å². The molecule has 0 radical (unpaired) electrons. The van der Waals surface area contributed by atoms with E-state index in [0.29, 0.717) is 12.1 Å². The zero-order valence-corrected chi connectivity index (χ0v) is 14.0. The highest BCUT2D eigenvalue weighted by Crippen LogP contribution is 2.30. The summed E-state index contributed by atoms with van der Waals surface area (Å²) in [5.74, 6) is -0.109. The first-order chi connectivity index (χ1) is 11.1. The van der Waals surface area contributed by atoms with Gasteiger partial charge in [-0.15, -0.1) is 0 Å². The minimum Gasteiger partial charge on any atom is -0.312 e. The number of fused-ring (bicyclic) bond motifs is 1. The van der Waals surface area contributed by atoms with Crippen LogP contribution in [-0.2, 0) is 17.6 Å². The standard InChI is InChI=1S/C17H15BrN2O3/c18-14-7-8-15-12(10-14)5-3-9-19(15)17(21)11-13-4-1-2-6-16(13)20(22)23/h1-2,4,6-8,10H,3,5,9,11H2. The van der Waals surface area contributed by atoms with Gasteiger partial charge in [0.05, 0.1) is 11.3 Å². The molecule has 0 fully saturated rings. The fourth-order valence-electron chi connectivity index (χ4n) is 2.92. The first-order valence-corrected chi connectivity index (χ1v) is 8.16. The van der Waals surface area contributed by atoms with Crippen molar-refractivity contribution < 1.29 is 9.72 Å². The molecular weight excluding hydrogens is 360 g/mol. The number of para-hydroxylation sites is 1. The Morgan fingerprint density at radius 1 is 1.26 bits per heavy atom. The van der Waals surface area contributed by atoms with E-state index < -0.39 is 4.92 Å². The minimum atomic E-state index is -0.441. The second-order valence-corrected chi connectivity index (χ2v) is 6.40. The van der Waals surface area contributed by atoms with Gasteiger partial charge in [0.1, 0.15) is 0 Å². The first kappa shape index (κ1) is 15.7. The molecule has 0 saturated carbocycles. The fourth-order valence-corrected chi connectivity index (χ4v) is 3.33. The zero-order valence-electron chi connectivity index (χ0n) is 12.4. The van der Waals surface area contributed by atoms with Gasteiger partial charge in [-0.25, -0.2) is 0 Å². The number of rotatable bonds is 3. The molecule has 118 valence electrons. The van der Waals surface area contributed by atoms with Crippen LogP contribution < -0.4 is 4.90 Å². The monoisotopic (exact) mass is 374 g/mol. The molecular formula is C17H15BrN2O3. The average Bonchev–Trinajstić information content (AvgIpc) is 2.54. The van der Waals surface area contributed by atoms with E-state index in [2.05, 4.69) is 15.9 Å². The Balaban J connectivity index is 1.87. The van der Waals surface area contributed by atoms with Crippen LogP contribution in [0.5, 0.6) is 0 Å². The van der Waals surface area contributed by atoms with Crippen molar-refractivity contribution in [1.29, 1.82) is 0 Å². The number of halogens is 1. The normalized spacial score (nSPS) is 13.5. The van der Waals surface area contributed by atoms with Crippen LogP contribution in [0.1, 0.15) is 17.5 Å². The Hall–Kier alpha value is -2.21. The molecule has 5 nitrogen and oxygen atoms in total. The van der Waals surface area contributed by atoms with Gasteiger partial charge in [-0.1, -0.05) is 34.1 Å². The lowest BCUT2D eigenvalue weighted by atomic mass is 10.0. The van der Waals surface area contributed by atoms with Crippen molar-refractivity contribution in [2.45, 2.75) is 19.3 Å². The summed E-state index contributed by atoms with van der Waals surface area (Å²) in [4.78, 5) is 25.1.